The van der Waals surface area contributed by atoms with Gasteiger partial charge in [0.15, 0.2) is 5.69 Å². The summed E-state index contributed by atoms with van der Waals surface area (Å²) < 4.78 is 3.40. The molecular weight excluding hydrogens is 463 g/mol. The Balaban J connectivity index is 2.07. The van der Waals surface area contributed by atoms with Crippen LogP contribution in [0, 0.1) is 20.6 Å². The van der Waals surface area contributed by atoms with Crippen LogP contribution in [0.3, 0.4) is 0 Å². The Bertz CT molecular complexity index is 1120. The lowest BCUT2D eigenvalue weighted by atomic mass is 10.2. The standard InChI is InChI=1S/C18H15IN4O4/c1-11-16(18(25)22(21(11)2)13-6-4-3-5-7-13)20-10-12-8-14(19)17(24)15(9-12)23(26)27/h3-10,24H,1-2H3/p-1. The van der Waals surface area contributed by atoms with Crippen molar-refractivity contribution in [1.82, 2.24) is 9.36 Å². The summed E-state index contributed by atoms with van der Waals surface area (Å²) in [5, 5.41) is 22.8. The zero-order valence-electron chi connectivity index (χ0n) is 14.4. The molecule has 0 N–H and O–H groups in total. The molecule has 0 amide bonds. The zero-order valence-corrected chi connectivity index (χ0v) is 16.6. The smallest absolute Gasteiger partial charge is 0.297 e. The van der Waals surface area contributed by atoms with Gasteiger partial charge in [0.05, 0.1) is 16.3 Å². The lowest BCUT2D eigenvalue weighted by Crippen LogP contribution is -2.19. The molecule has 8 nitrogen and oxygen atoms in total. The number of hydrogen-bond acceptors (Lipinski definition) is 5. The third-order valence-corrected chi connectivity index (χ3v) is 4.91. The third kappa shape index (κ3) is 3.50. The first kappa shape index (κ1) is 18.8. The summed E-state index contributed by atoms with van der Waals surface area (Å²) in [6.07, 6.45) is 1.35. The van der Waals surface area contributed by atoms with Crippen molar-refractivity contribution in [2.24, 2.45) is 12.0 Å². The van der Waals surface area contributed by atoms with Crippen LogP contribution < -0.4 is 10.7 Å². The van der Waals surface area contributed by atoms with E-state index >= 15 is 0 Å². The molecule has 1 aromatic heterocycles. The number of benzene rings is 2. The molecule has 27 heavy (non-hydrogen) atoms. The normalized spacial score (nSPS) is 11.2. The van der Waals surface area contributed by atoms with E-state index < -0.39 is 16.4 Å². The maximum Gasteiger partial charge on any atom is 0.297 e. The Morgan fingerprint density at radius 1 is 1.22 bits per heavy atom. The molecule has 138 valence electrons. The molecule has 0 bridgehead atoms. The summed E-state index contributed by atoms with van der Waals surface area (Å²) in [5.41, 5.74) is 1.13. The number of rotatable bonds is 4. The highest BCUT2D eigenvalue weighted by molar-refractivity contribution is 14.1. The second kappa shape index (κ2) is 7.35. The Hall–Kier alpha value is -2.95. The van der Waals surface area contributed by atoms with Crippen LogP contribution in [0.5, 0.6) is 5.75 Å². The van der Waals surface area contributed by atoms with Gasteiger partial charge < -0.3 is 5.11 Å². The number of nitro groups is 1. The van der Waals surface area contributed by atoms with E-state index in [4.69, 9.17) is 0 Å². The van der Waals surface area contributed by atoms with Gasteiger partial charge in [-0.05, 0) is 53.5 Å². The van der Waals surface area contributed by atoms with Crippen LogP contribution in [0.2, 0.25) is 0 Å². The maximum absolute atomic E-state index is 12.8. The molecule has 0 aliphatic rings. The molecule has 0 unspecified atom stereocenters. The molecule has 0 spiro atoms. The summed E-state index contributed by atoms with van der Waals surface area (Å²) in [5.74, 6) is -0.639. The maximum atomic E-state index is 12.8. The van der Waals surface area contributed by atoms with Gasteiger partial charge in [0, 0.05) is 28.5 Å². The number of nitrogens with zero attached hydrogens (tertiary/aromatic N) is 4. The van der Waals surface area contributed by atoms with Crippen LogP contribution in [-0.2, 0) is 7.05 Å². The first-order chi connectivity index (χ1) is 12.8. The van der Waals surface area contributed by atoms with E-state index in [2.05, 4.69) is 4.99 Å². The molecule has 2 aromatic carbocycles. The fraction of sp³-hybridized carbons (Fsp3) is 0.111. The fourth-order valence-electron chi connectivity index (χ4n) is 2.65. The third-order valence-electron chi connectivity index (χ3n) is 4.11. The minimum absolute atomic E-state index is 0.217. The highest BCUT2D eigenvalue weighted by atomic mass is 127. The molecule has 1 heterocycles. The molecular formula is C18H14IN4O4-. The van der Waals surface area contributed by atoms with E-state index in [0.29, 0.717) is 16.9 Å². The summed E-state index contributed by atoms with van der Waals surface area (Å²) >= 11 is 1.75. The topological polar surface area (TPSA) is 105 Å². The minimum Gasteiger partial charge on any atom is -0.867 e. The Kier molecular flexibility index (Phi) is 5.13. The van der Waals surface area contributed by atoms with Gasteiger partial charge in [-0.1, -0.05) is 18.2 Å². The first-order valence-electron chi connectivity index (χ1n) is 7.84. The number of halogens is 1. The monoisotopic (exact) mass is 477 g/mol. The van der Waals surface area contributed by atoms with Crippen molar-refractivity contribution in [3.8, 4) is 11.4 Å². The molecule has 0 saturated carbocycles. The average Bonchev–Trinajstić information content (AvgIpc) is 2.85. The second-order valence-electron chi connectivity index (χ2n) is 5.78. The molecule has 0 aliphatic heterocycles. The Morgan fingerprint density at radius 3 is 2.52 bits per heavy atom. The van der Waals surface area contributed by atoms with E-state index in [0.717, 1.165) is 6.07 Å². The molecule has 0 saturated heterocycles. The minimum atomic E-state index is -0.724. The number of nitro benzene ring substituents is 1. The number of aromatic nitrogens is 2. The van der Waals surface area contributed by atoms with Crippen molar-refractivity contribution in [1.29, 1.82) is 0 Å². The van der Waals surface area contributed by atoms with Gasteiger partial charge in [-0.25, -0.2) is 9.67 Å². The predicted octanol–water partition coefficient (Wildman–Crippen LogP) is 2.82. The second-order valence-corrected chi connectivity index (χ2v) is 6.94. The van der Waals surface area contributed by atoms with Gasteiger partial charge in [-0.2, -0.15) is 0 Å². The molecule has 3 aromatic rings. The molecule has 9 heteroatoms. The van der Waals surface area contributed by atoms with Crippen LogP contribution in [0.4, 0.5) is 11.4 Å². The highest BCUT2D eigenvalue weighted by Gasteiger charge is 2.15. The van der Waals surface area contributed by atoms with E-state index in [9.17, 15) is 20.0 Å². The summed E-state index contributed by atoms with van der Waals surface area (Å²) in [7, 11) is 1.75. The SMILES string of the molecule is Cc1c(N=Cc2cc(I)c([O-])c([N+](=O)[O-])c2)c(=O)n(-c2ccccc2)n1C. The van der Waals surface area contributed by atoms with E-state index in [-0.39, 0.29) is 14.8 Å². The van der Waals surface area contributed by atoms with Gasteiger partial charge in [0.2, 0.25) is 0 Å². The molecule has 0 aliphatic carbocycles. The van der Waals surface area contributed by atoms with Gasteiger partial charge >= 0.3 is 0 Å². The van der Waals surface area contributed by atoms with Crippen molar-refractivity contribution in [2.45, 2.75) is 6.92 Å². The van der Waals surface area contributed by atoms with Crippen molar-refractivity contribution in [3.63, 3.8) is 0 Å². The molecule has 0 fully saturated rings. The number of para-hydroxylation sites is 1. The summed E-state index contributed by atoms with van der Waals surface area (Å²) in [6, 6.07) is 11.8. The molecule has 0 radical (unpaired) electrons. The van der Waals surface area contributed by atoms with E-state index in [1.165, 1.54) is 17.0 Å². The van der Waals surface area contributed by atoms with Crippen molar-refractivity contribution >= 4 is 40.2 Å². The number of hydrogen-bond donors (Lipinski definition) is 0. The average molecular weight is 477 g/mol. The van der Waals surface area contributed by atoms with Crippen molar-refractivity contribution < 1.29 is 10.0 Å². The van der Waals surface area contributed by atoms with Gasteiger partial charge in [0.25, 0.3) is 11.2 Å². The Morgan fingerprint density at radius 2 is 1.89 bits per heavy atom. The zero-order chi connectivity index (χ0) is 19.7. The van der Waals surface area contributed by atoms with Crippen LogP contribution in [0.15, 0.2) is 52.3 Å². The predicted molar refractivity (Wildman–Crippen MR) is 108 cm³/mol. The molecule has 3 rings (SSSR count). The quantitative estimate of drug-likeness (QED) is 0.249. The van der Waals surface area contributed by atoms with E-state index in [1.807, 2.05) is 30.3 Å². The van der Waals surface area contributed by atoms with Gasteiger partial charge in [-0.15, -0.1) is 0 Å². The highest BCUT2D eigenvalue weighted by Crippen LogP contribution is 2.29. The van der Waals surface area contributed by atoms with E-state index in [1.54, 1.807) is 41.2 Å². The Labute approximate surface area is 167 Å². The van der Waals surface area contributed by atoms with Crippen LogP contribution in [-0.4, -0.2) is 20.5 Å². The lowest BCUT2D eigenvalue weighted by Gasteiger charge is -2.09. The summed E-state index contributed by atoms with van der Waals surface area (Å²) in [4.78, 5) is 27.3. The largest absolute Gasteiger partial charge is 0.867 e. The van der Waals surface area contributed by atoms with Crippen LogP contribution in [0.1, 0.15) is 11.3 Å². The van der Waals surface area contributed by atoms with Crippen LogP contribution in [0.25, 0.3) is 5.69 Å². The number of aliphatic imine (C=N–C) groups is 1. The van der Waals surface area contributed by atoms with Crippen molar-refractivity contribution in [2.75, 3.05) is 0 Å². The lowest BCUT2D eigenvalue weighted by molar-refractivity contribution is -0.398. The van der Waals surface area contributed by atoms with Gasteiger partial charge in [0.1, 0.15) is 0 Å². The first-order valence-corrected chi connectivity index (χ1v) is 8.92. The van der Waals surface area contributed by atoms with Gasteiger partial charge in [-0.3, -0.25) is 19.6 Å². The van der Waals surface area contributed by atoms with Crippen LogP contribution >= 0.6 is 22.6 Å². The van der Waals surface area contributed by atoms with Crippen molar-refractivity contribution in [3.05, 3.63) is 77.8 Å². The molecule has 0 atom stereocenters. The fourth-order valence-corrected chi connectivity index (χ4v) is 3.29. The summed E-state index contributed by atoms with van der Waals surface area (Å²) in [6.45, 7) is 1.76.